The number of carbonyl (C=O) groups excluding carboxylic acids is 2. The van der Waals surface area contributed by atoms with Gasteiger partial charge in [0.15, 0.2) is 0 Å². The van der Waals surface area contributed by atoms with Gasteiger partial charge in [-0.2, -0.15) is 0 Å². The summed E-state index contributed by atoms with van der Waals surface area (Å²) in [7, 11) is 0. The second-order valence-corrected chi connectivity index (χ2v) is 6.52. The molecule has 0 radical (unpaired) electrons. The van der Waals surface area contributed by atoms with Gasteiger partial charge in [-0.25, -0.2) is 9.37 Å². The van der Waals surface area contributed by atoms with Gasteiger partial charge in [0.05, 0.1) is 18.7 Å². The fourth-order valence-corrected chi connectivity index (χ4v) is 3.30. The number of carbonyl (C=O) groups is 2. The number of amides is 1. The summed E-state index contributed by atoms with van der Waals surface area (Å²) in [6.45, 7) is 4.45. The highest BCUT2D eigenvalue weighted by Crippen LogP contribution is 2.28. The van der Waals surface area contributed by atoms with Gasteiger partial charge in [0, 0.05) is 29.8 Å². The van der Waals surface area contributed by atoms with Crippen LogP contribution in [0.1, 0.15) is 30.3 Å². The van der Waals surface area contributed by atoms with E-state index in [1.54, 1.807) is 19.1 Å². The van der Waals surface area contributed by atoms with Gasteiger partial charge < -0.3 is 10.1 Å². The zero-order valence-electron chi connectivity index (χ0n) is 14.3. The first kappa shape index (κ1) is 19.1. The van der Waals surface area contributed by atoms with Crippen LogP contribution in [0.2, 0.25) is 0 Å². The molecule has 25 heavy (non-hydrogen) atoms. The van der Waals surface area contributed by atoms with Crippen LogP contribution in [0.3, 0.4) is 0 Å². The van der Waals surface area contributed by atoms with Crippen molar-refractivity contribution >= 4 is 23.2 Å². The summed E-state index contributed by atoms with van der Waals surface area (Å²) in [5.41, 5.74) is 1.78. The van der Waals surface area contributed by atoms with E-state index in [9.17, 15) is 14.0 Å². The minimum atomic E-state index is -0.361. The minimum absolute atomic E-state index is 0.0912. The molecule has 0 atom stereocenters. The van der Waals surface area contributed by atoms with Gasteiger partial charge in [0.1, 0.15) is 10.8 Å². The molecule has 2 rings (SSSR count). The molecule has 1 amide bonds. The molecular formula is C18H21FN2O3S. The van der Waals surface area contributed by atoms with Crippen LogP contribution >= 0.6 is 11.3 Å². The number of halogens is 1. The number of thiazole rings is 1. The largest absolute Gasteiger partial charge is 0.466 e. The minimum Gasteiger partial charge on any atom is -0.466 e. The molecule has 5 nitrogen and oxygen atoms in total. The van der Waals surface area contributed by atoms with E-state index in [0.29, 0.717) is 19.6 Å². The monoisotopic (exact) mass is 364 g/mol. The third kappa shape index (κ3) is 5.94. The van der Waals surface area contributed by atoms with E-state index in [1.807, 2.05) is 6.92 Å². The van der Waals surface area contributed by atoms with Gasteiger partial charge >= 0.3 is 5.97 Å². The molecule has 1 aromatic heterocycles. The SMILES string of the molecule is CCOC(=O)CCC(=O)NCCc1sc(-c2ccc(F)cc2)nc1C. The van der Waals surface area contributed by atoms with Crippen LogP contribution in [-0.4, -0.2) is 30.0 Å². The number of ether oxygens (including phenoxy) is 1. The Morgan fingerprint density at radius 3 is 2.64 bits per heavy atom. The number of nitrogens with zero attached hydrogens (tertiary/aromatic N) is 1. The zero-order chi connectivity index (χ0) is 18.2. The van der Waals surface area contributed by atoms with Crippen LogP contribution in [0.5, 0.6) is 0 Å². The smallest absolute Gasteiger partial charge is 0.306 e. The van der Waals surface area contributed by atoms with E-state index in [-0.39, 0.29) is 30.5 Å². The summed E-state index contributed by atoms with van der Waals surface area (Å²) in [6.07, 6.45) is 0.880. The molecule has 0 saturated heterocycles. The van der Waals surface area contributed by atoms with Crippen LogP contribution in [0.25, 0.3) is 10.6 Å². The maximum atomic E-state index is 13.0. The quantitative estimate of drug-likeness (QED) is 0.730. The van der Waals surface area contributed by atoms with Crippen molar-refractivity contribution in [2.45, 2.75) is 33.1 Å². The lowest BCUT2D eigenvalue weighted by molar-refractivity contribution is -0.144. The molecule has 0 unspecified atom stereocenters. The molecule has 0 fully saturated rings. The van der Waals surface area contributed by atoms with Crippen LogP contribution in [0.15, 0.2) is 24.3 Å². The first-order valence-corrected chi connectivity index (χ1v) is 8.95. The van der Waals surface area contributed by atoms with Crippen molar-refractivity contribution in [3.63, 3.8) is 0 Å². The van der Waals surface area contributed by atoms with Crippen LogP contribution in [0, 0.1) is 12.7 Å². The average molecular weight is 364 g/mol. The molecule has 0 aliphatic heterocycles. The van der Waals surface area contributed by atoms with Gasteiger partial charge in [0.25, 0.3) is 0 Å². The van der Waals surface area contributed by atoms with Crippen molar-refractivity contribution in [2.24, 2.45) is 0 Å². The third-order valence-electron chi connectivity index (χ3n) is 3.52. The number of hydrogen-bond donors (Lipinski definition) is 1. The molecule has 1 heterocycles. The second-order valence-electron chi connectivity index (χ2n) is 5.44. The molecule has 2 aromatic rings. The lowest BCUT2D eigenvalue weighted by Gasteiger charge is -2.04. The Morgan fingerprint density at radius 1 is 1.24 bits per heavy atom. The van der Waals surface area contributed by atoms with Crippen molar-refractivity contribution in [1.29, 1.82) is 0 Å². The fraction of sp³-hybridized carbons (Fsp3) is 0.389. The number of esters is 1. The normalized spacial score (nSPS) is 10.5. The maximum absolute atomic E-state index is 13.0. The third-order valence-corrected chi connectivity index (χ3v) is 4.79. The van der Waals surface area contributed by atoms with Gasteiger partial charge in [-0.05, 0) is 38.1 Å². The predicted molar refractivity (Wildman–Crippen MR) is 94.8 cm³/mol. The number of aryl methyl sites for hydroxylation is 1. The van der Waals surface area contributed by atoms with Gasteiger partial charge in [-0.1, -0.05) is 0 Å². The number of rotatable bonds is 8. The topological polar surface area (TPSA) is 68.3 Å². The van der Waals surface area contributed by atoms with E-state index in [2.05, 4.69) is 10.3 Å². The Bertz CT molecular complexity index is 728. The first-order chi connectivity index (χ1) is 12.0. The lowest BCUT2D eigenvalue weighted by atomic mass is 10.2. The molecule has 0 aliphatic rings. The molecule has 0 spiro atoms. The highest BCUT2D eigenvalue weighted by Gasteiger charge is 2.11. The molecule has 134 valence electrons. The number of hydrogen-bond acceptors (Lipinski definition) is 5. The molecule has 0 aliphatic carbocycles. The summed E-state index contributed by atoms with van der Waals surface area (Å²) in [5.74, 6) is -0.809. The van der Waals surface area contributed by atoms with Gasteiger partial charge in [-0.15, -0.1) is 11.3 Å². The Labute approximate surface area is 150 Å². The Morgan fingerprint density at radius 2 is 1.96 bits per heavy atom. The van der Waals surface area contributed by atoms with Crippen molar-refractivity contribution < 1.29 is 18.7 Å². The first-order valence-electron chi connectivity index (χ1n) is 8.14. The molecule has 7 heteroatoms. The Kier molecular flexibility index (Phi) is 7.06. The van der Waals surface area contributed by atoms with E-state index in [0.717, 1.165) is 21.1 Å². The van der Waals surface area contributed by atoms with Crippen LogP contribution < -0.4 is 5.32 Å². The zero-order valence-corrected chi connectivity index (χ0v) is 15.1. The second kappa shape index (κ2) is 9.27. The molecular weight excluding hydrogens is 343 g/mol. The molecule has 0 bridgehead atoms. The van der Waals surface area contributed by atoms with E-state index < -0.39 is 0 Å². The van der Waals surface area contributed by atoms with Crippen molar-refractivity contribution in [3.05, 3.63) is 40.7 Å². The highest BCUT2D eigenvalue weighted by molar-refractivity contribution is 7.15. The molecule has 1 aromatic carbocycles. The maximum Gasteiger partial charge on any atom is 0.306 e. The van der Waals surface area contributed by atoms with Gasteiger partial charge in [-0.3, -0.25) is 9.59 Å². The molecule has 0 saturated carbocycles. The molecule has 1 N–H and O–H groups in total. The lowest BCUT2D eigenvalue weighted by Crippen LogP contribution is -2.26. The van der Waals surface area contributed by atoms with Crippen molar-refractivity contribution in [1.82, 2.24) is 10.3 Å². The highest BCUT2D eigenvalue weighted by atomic mass is 32.1. The van der Waals surface area contributed by atoms with Crippen molar-refractivity contribution in [2.75, 3.05) is 13.2 Å². The number of nitrogens with one attached hydrogen (secondary N) is 1. The number of benzene rings is 1. The summed E-state index contributed by atoms with van der Waals surface area (Å²) in [6, 6.07) is 6.23. The summed E-state index contributed by atoms with van der Waals surface area (Å²) < 4.78 is 17.8. The fourth-order valence-electron chi connectivity index (χ4n) is 2.23. The summed E-state index contributed by atoms with van der Waals surface area (Å²) in [5, 5.41) is 3.63. The Hall–Kier alpha value is -2.28. The van der Waals surface area contributed by atoms with E-state index in [4.69, 9.17) is 4.74 Å². The van der Waals surface area contributed by atoms with E-state index >= 15 is 0 Å². The van der Waals surface area contributed by atoms with E-state index in [1.165, 1.54) is 23.5 Å². The summed E-state index contributed by atoms with van der Waals surface area (Å²) >= 11 is 1.54. The van der Waals surface area contributed by atoms with Crippen LogP contribution in [0.4, 0.5) is 4.39 Å². The standard InChI is InChI=1S/C18H21FN2O3S/c1-3-24-17(23)9-8-16(22)20-11-10-15-12(2)21-18(25-15)13-4-6-14(19)7-5-13/h4-7H,3,8-11H2,1-2H3,(H,20,22). The van der Waals surface area contributed by atoms with Crippen LogP contribution in [-0.2, 0) is 20.7 Å². The number of aromatic nitrogens is 1. The van der Waals surface area contributed by atoms with Crippen molar-refractivity contribution in [3.8, 4) is 10.6 Å². The average Bonchev–Trinajstić information content (AvgIpc) is 2.95. The van der Waals surface area contributed by atoms with Gasteiger partial charge in [0.2, 0.25) is 5.91 Å². The predicted octanol–water partition coefficient (Wildman–Crippen LogP) is 3.26. The summed E-state index contributed by atoms with van der Waals surface area (Å²) in [4.78, 5) is 28.5. The Balaban J connectivity index is 1.82.